The molecule has 0 N–H and O–H groups in total. The van der Waals surface area contributed by atoms with E-state index in [4.69, 9.17) is 10.00 Å². The lowest BCUT2D eigenvalue weighted by atomic mass is 10.1. The van der Waals surface area contributed by atoms with Gasteiger partial charge in [-0.05, 0) is 37.3 Å². The summed E-state index contributed by atoms with van der Waals surface area (Å²) in [7, 11) is 1.57. The molecule has 2 heterocycles. The molecule has 1 saturated heterocycles. The van der Waals surface area contributed by atoms with Crippen LogP contribution in [0.15, 0.2) is 30.3 Å². The number of anilines is 1. The van der Waals surface area contributed by atoms with E-state index in [0.29, 0.717) is 49.1 Å². The van der Waals surface area contributed by atoms with Gasteiger partial charge in [0.05, 0.1) is 7.11 Å². The van der Waals surface area contributed by atoms with Crippen molar-refractivity contribution in [1.82, 2.24) is 14.9 Å². The smallest absolute Gasteiger partial charge is 0.226 e. The van der Waals surface area contributed by atoms with Gasteiger partial charge in [0.1, 0.15) is 17.5 Å². The summed E-state index contributed by atoms with van der Waals surface area (Å²) in [4.78, 5) is 37.2. The van der Waals surface area contributed by atoms with E-state index < -0.39 is 0 Å². The number of hydrogen-bond donors (Lipinski definition) is 0. The molecule has 1 aliphatic rings. The van der Waals surface area contributed by atoms with E-state index in [1.807, 2.05) is 17.9 Å². The lowest BCUT2D eigenvalue weighted by Gasteiger charge is -2.34. The van der Waals surface area contributed by atoms with Crippen molar-refractivity contribution in [3.8, 4) is 11.8 Å². The number of nitriles is 1. The third-order valence-electron chi connectivity index (χ3n) is 4.85. The first-order chi connectivity index (χ1) is 14.0. The third kappa shape index (κ3) is 5.08. The third-order valence-corrected chi connectivity index (χ3v) is 4.85. The Labute approximate surface area is 169 Å². The Balaban J connectivity index is 1.50. The van der Waals surface area contributed by atoms with Crippen molar-refractivity contribution in [2.45, 2.75) is 19.8 Å². The van der Waals surface area contributed by atoms with Gasteiger partial charge < -0.3 is 14.5 Å². The summed E-state index contributed by atoms with van der Waals surface area (Å²) < 4.78 is 5.09. The van der Waals surface area contributed by atoms with Crippen LogP contribution >= 0.6 is 0 Å². The highest BCUT2D eigenvalue weighted by Crippen LogP contribution is 2.16. The average molecular weight is 393 g/mol. The van der Waals surface area contributed by atoms with Crippen LogP contribution in [0.5, 0.6) is 5.75 Å². The molecule has 0 radical (unpaired) electrons. The highest BCUT2D eigenvalue weighted by atomic mass is 16.5. The maximum Gasteiger partial charge on any atom is 0.226 e. The molecular formula is C21H23N5O3. The molecule has 150 valence electrons. The van der Waals surface area contributed by atoms with Crippen LogP contribution < -0.4 is 9.64 Å². The molecule has 0 bridgehead atoms. The Morgan fingerprint density at radius 1 is 1.10 bits per heavy atom. The quantitative estimate of drug-likeness (QED) is 0.692. The Morgan fingerprint density at radius 3 is 2.41 bits per heavy atom. The van der Waals surface area contributed by atoms with E-state index in [2.05, 4.69) is 9.97 Å². The number of rotatable bonds is 6. The van der Waals surface area contributed by atoms with Crippen molar-refractivity contribution >= 4 is 17.6 Å². The van der Waals surface area contributed by atoms with Crippen LogP contribution in [-0.2, 0) is 4.79 Å². The van der Waals surface area contributed by atoms with E-state index in [9.17, 15) is 9.59 Å². The number of ether oxygens (including phenoxy) is 1. The maximum absolute atomic E-state index is 12.5. The second-order valence-corrected chi connectivity index (χ2v) is 6.83. The van der Waals surface area contributed by atoms with E-state index in [0.717, 1.165) is 5.69 Å². The van der Waals surface area contributed by atoms with Gasteiger partial charge in [-0.15, -0.1) is 0 Å². The number of hydrogen-bond acceptors (Lipinski definition) is 7. The molecule has 0 spiro atoms. The molecule has 2 aromatic rings. The lowest BCUT2D eigenvalue weighted by Crippen LogP contribution is -2.49. The van der Waals surface area contributed by atoms with Crippen LogP contribution in [0, 0.1) is 18.3 Å². The number of benzene rings is 1. The molecule has 3 rings (SSSR count). The number of nitrogens with zero attached hydrogens (tertiary/aromatic N) is 5. The number of piperazine rings is 1. The zero-order chi connectivity index (χ0) is 20.8. The minimum Gasteiger partial charge on any atom is -0.497 e. The normalized spacial score (nSPS) is 13.7. The first-order valence-electron chi connectivity index (χ1n) is 9.46. The average Bonchev–Trinajstić information content (AvgIpc) is 2.76. The number of amides is 1. The predicted octanol–water partition coefficient (Wildman–Crippen LogP) is 1.98. The standard InChI is InChI=1S/C21H23N5O3/c1-15-13-17(14-22)24-21(23-15)26-11-9-25(10-12-26)20(28)8-7-19(27)16-3-5-18(29-2)6-4-16/h3-6,13H,7-12H2,1-2H3. The number of carbonyl (C=O) groups is 2. The molecule has 1 aliphatic heterocycles. The van der Waals surface area contributed by atoms with Crippen molar-refractivity contribution in [3.05, 3.63) is 47.3 Å². The Morgan fingerprint density at radius 2 is 1.79 bits per heavy atom. The van der Waals surface area contributed by atoms with Gasteiger partial charge in [-0.1, -0.05) is 0 Å². The van der Waals surface area contributed by atoms with Crippen LogP contribution in [-0.4, -0.2) is 59.8 Å². The highest BCUT2D eigenvalue weighted by molar-refractivity contribution is 5.98. The van der Waals surface area contributed by atoms with Gasteiger partial charge in [0.15, 0.2) is 5.78 Å². The number of Topliss-reactive ketones (excluding diaryl/α,β-unsaturated/α-hetero) is 1. The number of aryl methyl sites for hydroxylation is 1. The van der Waals surface area contributed by atoms with Crippen molar-refractivity contribution in [2.75, 3.05) is 38.2 Å². The SMILES string of the molecule is COc1ccc(C(=O)CCC(=O)N2CCN(c3nc(C)cc(C#N)n3)CC2)cc1. The Hall–Kier alpha value is -3.47. The van der Waals surface area contributed by atoms with E-state index >= 15 is 0 Å². The fourth-order valence-corrected chi connectivity index (χ4v) is 3.21. The second kappa shape index (κ2) is 9.15. The molecule has 1 aromatic carbocycles. The number of carbonyl (C=O) groups excluding carboxylic acids is 2. The molecule has 0 unspecified atom stereocenters. The molecule has 8 heteroatoms. The van der Waals surface area contributed by atoms with Crippen LogP contribution in [0.2, 0.25) is 0 Å². The van der Waals surface area contributed by atoms with Crippen LogP contribution in [0.4, 0.5) is 5.95 Å². The van der Waals surface area contributed by atoms with E-state index in [1.165, 1.54) is 0 Å². The van der Waals surface area contributed by atoms with Gasteiger partial charge in [0, 0.05) is 50.3 Å². The summed E-state index contributed by atoms with van der Waals surface area (Å²) in [6, 6.07) is 10.6. The summed E-state index contributed by atoms with van der Waals surface area (Å²) in [5.74, 6) is 1.12. The monoisotopic (exact) mass is 393 g/mol. The Kier molecular flexibility index (Phi) is 6.39. The molecule has 1 aromatic heterocycles. The highest BCUT2D eigenvalue weighted by Gasteiger charge is 2.23. The van der Waals surface area contributed by atoms with Crippen molar-refractivity contribution in [3.63, 3.8) is 0 Å². The summed E-state index contributed by atoms with van der Waals surface area (Å²) in [6.45, 7) is 4.08. The summed E-state index contributed by atoms with van der Waals surface area (Å²) in [5.41, 5.74) is 1.65. The van der Waals surface area contributed by atoms with Gasteiger partial charge in [0.2, 0.25) is 11.9 Å². The largest absolute Gasteiger partial charge is 0.497 e. The number of aromatic nitrogens is 2. The van der Waals surface area contributed by atoms with Crippen LogP contribution in [0.3, 0.4) is 0 Å². The molecule has 0 atom stereocenters. The fraction of sp³-hybridized carbons (Fsp3) is 0.381. The van der Waals surface area contributed by atoms with Crippen LogP contribution in [0.25, 0.3) is 0 Å². The minimum absolute atomic E-state index is 0.0330. The van der Waals surface area contributed by atoms with Gasteiger partial charge >= 0.3 is 0 Å². The summed E-state index contributed by atoms with van der Waals surface area (Å²) >= 11 is 0. The number of methoxy groups -OCH3 is 1. The maximum atomic E-state index is 12.5. The van der Waals surface area contributed by atoms with Crippen LogP contribution in [0.1, 0.15) is 34.6 Å². The molecule has 0 saturated carbocycles. The van der Waals surface area contributed by atoms with Crippen molar-refractivity contribution in [1.29, 1.82) is 5.26 Å². The minimum atomic E-state index is -0.0585. The van der Waals surface area contributed by atoms with E-state index in [1.54, 1.807) is 42.3 Å². The summed E-state index contributed by atoms with van der Waals surface area (Å²) in [5, 5.41) is 9.07. The zero-order valence-corrected chi connectivity index (χ0v) is 16.6. The molecule has 8 nitrogen and oxygen atoms in total. The first kappa shape index (κ1) is 20.3. The Bertz CT molecular complexity index is 928. The summed E-state index contributed by atoms with van der Waals surface area (Å²) in [6.07, 6.45) is 0.363. The topological polar surface area (TPSA) is 99.4 Å². The zero-order valence-electron chi connectivity index (χ0n) is 16.6. The van der Waals surface area contributed by atoms with Gasteiger partial charge in [-0.25, -0.2) is 9.97 Å². The molecule has 0 aliphatic carbocycles. The lowest BCUT2D eigenvalue weighted by molar-refractivity contribution is -0.131. The second-order valence-electron chi connectivity index (χ2n) is 6.83. The first-order valence-corrected chi connectivity index (χ1v) is 9.46. The van der Waals surface area contributed by atoms with Gasteiger partial charge in [-0.3, -0.25) is 9.59 Å². The van der Waals surface area contributed by atoms with Crippen molar-refractivity contribution in [2.24, 2.45) is 0 Å². The molecule has 29 heavy (non-hydrogen) atoms. The molecular weight excluding hydrogens is 370 g/mol. The van der Waals surface area contributed by atoms with Gasteiger partial charge in [-0.2, -0.15) is 5.26 Å². The van der Waals surface area contributed by atoms with Crippen molar-refractivity contribution < 1.29 is 14.3 Å². The number of ketones is 1. The van der Waals surface area contributed by atoms with Gasteiger partial charge in [0.25, 0.3) is 0 Å². The fourth-order valence-electron chi connectivity index (χ4n) is 3.21. The van der Waals surface area contributed by atoms with E-state index in [-0.39, 0.29) is 24.5 Å². The molecule has 1 amide bonds. The molecule has 1 fully saturated rings. The predicted molar refractivity (Wildman–Crippen MR) is 107 cm³/mol.